The van der Waals surface area contributed by atoms with Gasteiger partial charge in [0.1, 0.15) is 23.6 Å². The molecule has 0 unspecified atom stereocenters. The number of carbonyl (C=O) groups excluding carboxylic acids is 2. The van der Waals surface area contributed by atoms with Gasteiger partial charge >= 0.3 is 6.18 Å². The average Bonchev–Trinajstić information content (AvgIpc) is 3.44. The smallest absolute Gasteiger partial charge is 0.406 e. The van der Waals surface area contributed by atoms with E-state index in [2.05, 4.69) is 51.5 Å². The molecular weight excluding hydrogens is 632 g/mol. The van der Waals surface area contributed by atoms with Crippen molar-refractivity contribution in [2.24, 2.45) is 5.92 Å². The van der Waals surface area contributed by atoms with Crippen molar-refractivity contribution < 1.29 is 36.6 Å². The van der Waals surface area contributed by atoms with Crippen LogP contribution in [0.1, 0.15) is 59.4 Å². The number of methoxy groups -OCH3 is 1. The molecule has 48 heavy (non-hydrogen) atoms. The summed E-state index contributed by atoms with van der Waals surface area (Å²) in [5.41, 5.74) is 0.899. The molecule has 258 valence electrons. The normalized spacial score (nSPS) is 19.7. The lowest BCUT2D eigenvalue weighted by molar-refractivity contribution is -0.140. The van der Waals surface area contributed by atoms with Crippen LogP contribution in [0.4, 0.5) is 23.2 Å². The number of halogens is 4. The second-order valence-electron chi connectivity index (χ2n) is 12.5. The van der Waals surface area contributed by atoms with Crippen molar-refractivity contribution in [3.63, 3.8) is 0 Å². The van der Waals surface area contributed by atoms with Crippen molar-refractivity contribution in [3.05, 3.63) is 53.1 Å². The van der Waals surface area contributed by atoms with E-state index in [9.17, 15) is 27.2 Å². The molecule has 0 saturated carbocycles. The van der Waals surface area contributed by atoms with E-state index in [4.69, 9.17) is 9.47 Å². The number of anilines is 1. The number of nitrogens with zero attached hydrogens (tertiary/aromatic N) is 3. The van der Waals surface area contributed by atoms with E-state index in [-0.39, 0.29) is 52.0 Å². The predicted molar refractivity (Wildman–Crippen MR) is 173 cm³/mol. The van der Waals surface area contributed by atoms with E-state index < -0.39 is 30.4 Å². The van der Waals surface area contributed by atoms with E-state index >= 15 is 0 Å². The number of amides is 2. The summed E-state index contributed by atoms with van der Waals surface area (Å²) in [7, 11) is 2.74. The Morgan fingerprint density at radius 3 is 2.56 bits per heavy atom. The van der Waals surface area contributed by atoms with Crippen LogP contribution in [-0.4, -0.2) is 91.0 Å². The van der Waals surface area contributed by atoms with Crippen molar-refractivity contribution >= 4 is 28.5 Å². The molecule has 0 aliphatic carbocycles. The zero-order chi connectivity index (χ0) is 34.6. The highest BCUT2D eigenvalue weighted by atomic mass is 19.4. The molecule has 0 spiro atoms. The third-order valence-corrected chi connectivity index (χ3v) is 9.24. The molecule has 2 aliphatic rings. The summed E-state index contributed by atoms with van der Waals surface area (Å²) in [6.07, 6.45) is -0.795. The highest BCUT2D eigenvalue weighted by Crippen LogP contribution is 2.33. The largest absolute Gasteiger partial charge is 0.494 e. The SMILES string of the molecule is CNC(=O)c1cc(NCC#Cc2cc(C(=O)N[C@@H]3CCN(C4(C)CCOCC4)C[C@H]3C)c3ncn(CC(F)(F)F)c3c2)c(OC)cc1F. The van der Waals surface area contributed by atoms with Crippen LogP contribution in [0.15, 0.2) is 30.6 Å². The molecule has 2 aliphatic heterocycles. The number of hydrogen-bond donors (Lipinski definition) is 3. The number of nitrogens with one attached hydrogen (secondary N) is 3. The monoisotopic (exact) mass is 672 g/mol. The lowest BCUT2D eigenvalue weighted by atomic mass is 9.84. The van der Waals surface area contributed by atoms with Crippen molar-refractivity contribution in [1.29, 1.82) is 0 Å². The van der Waals surface area contributed by atoms with Gasteiger partial charge in [0, 0.05) is 56.6 Å². The summed E-state index contributed by atoms with van der Waals surface area (Å²) in [6, 6.07) is 5.25. The fourth-order valence-corrected chi connectivity index (χ4v) is 6.41. The number of aromatic nitrogens is 2. The summed E-state index contributed by atoms with van der Waals surface area (Å²) >= 11 is 0. The van der Waals surface area contributed by atoms with E-state index in [0.717, 1.165) is 62.5 Å². The van der Waals surface area contributed by atoms with E-state index in [1.807, 2.05) is 0 Å². The van der Waals surface area contributed by atoms with E-state index in [1.54, 1.807) is 0 Å². The van der Waals surface area contributed by atoms with Crippen molar-refractivity contribution in [1.82, 2.24) is 25.1 Å². The number of piperidine rings is 1. The highest BCUT2D eigenvalue weighted by Gasteiger charge is 2.39. The Morgan fingerprint density at radius 1 is 1.15 bits per heavy atom. The fourth-order valence-electron chi connectivity index (χ4n) is 6.41. The number of likely N-dealkylation sites (tertiary alicyclic amines) is 1. The topological polar surface area (TPSA) is 110 Å². The minimum Gasteiger partial charge on any atom is -0.494 e. The number of fused-ring (bicyclic) bond motifs is 1. The Hall–Kier alpha value is -4.35. The molecule has 2 amide bonds. The van der Waals surface area contributed by atoms with Gasteiger partial charge in [0.05, 0.1) is 42.3 Å². The standard InChI is InChI=1S/C34H40F4N6O4/c1-21-18-44(33(2)8-12-48-13-9-33)11-7-26(21)42-32(46)24-14-22(15-28-30(24)41-20-43(28)19-34(36,37)38)6-5-10-40-27-16-23(31(45)39-3)25(35)17-29(27)47-4/h14-17,20-21,26,40H,7-13,18-19H2,1-4H3,(H,39,45)(H,42,46)/t21-,26-/m1/s1. The summed E-state index contributed by atoms with van der Waals surface area (Å²) < 4.78 is 66.4. The first kappa shape index (κ1) is 35.0. The minimum atomic E-state index is -4.51. The third kappa shape index (κ3) is 7.85. The van der Waals surface area contributed by atoms with Crippen LogP contribution in [-0.2, 0) is 11.3 Å². The number of benzene rings is 2. The van der Waals surface area contributed by atoms with Gasteiger partial charge in [-0.15, -0.1) is 0 Å². The molecule has 2 saturated heterocycles. The van der Waals surface area contributed by atoms with Gasteiger partial charge in [0.25, 0.3) is 11.8 Å². The number of rotatable bonds is 8. The molecule has 10 nitrogen and oxygen atoms in total. The first-order chi connectivity index (χ1) is 22.8. The van der Waals surface area contributed by atoms with Crippen LogP contribution < -0.4 is 20.7 Å². The summed E-state index contributed by atoms with van der Waals surface area (Å²) in [4.78, 5) is 32.5. The maximum absolute atomic E-state index is 14.4. The van der Waals surface area contributed by atoms with Crippen LogP contribution in [0, 0.1) is 23.6 Å². The molecule has 2 fully saturated rings. The fraction of sp³-hybridized carbons (Fsp3) is 0.500. The van der Waals surface area contributed by atoms with Crippen LogP contribution >= 0.6 is 0 Å². The van der Waals surface area contributed by atoms with Gasteiger partial charge in [0.2, 0.25) is 0 Å². The highest BCUT2D eigenvalue weighted by molar-refractivity contribution is 6.05. The van der Waals surface area contributed by atoms with Crippen molar-refractivity contribution in [2.45, 2.75) is 57.4 Å². The summed E-state index contributed by atoms with van der Waals surface area (Å²) in [5, 5.41) is 8.48. The predicted octanol–water partition coefficient (Wildman–Crippen LogP) is 4.58. The molecule has 3 N–H and O–H groups in total. The van der Waals surface area contributed by atoms with Gasteiger partial charge in [-0.25, -0.2) is 9.37 Å². The Bertz CT molecular complexity index is 1720. The third-order valence-electron chi connectivity index (χ3n) is 9.24. The lowest BCUT2D eigenvalue weighted by Crippen LogP contribution is -2.58. The lowest BCUT2D eigenvalue weighted by Gasteiger charge is -2.49. The van der Waals surface area contributed by atoms with Gasteiger partial charge in [-0.3, -0.25) is 14.5 Å². The maximum Gasteiger partial charge on any atom is 0.406 e. The number of ether oxygens (including phenoxy) is 2. The zero-order valence-corrected chi connectivity index (χ0v) is 27.4. The summed E-state index contributed by atoms with van der Waals surface area (Å²) in [5.74, 6) is 4.29. The van der Waals surface area contributed by atoms with Crippen molar-refractivity contribution in [3.8, 4) is 17.6 Å². The van der Waals surface area contributed by atoms with E-state index in [1.165, 1.54) is 32.4 Å². The van der Waals surface area contributed by atoms with Gasteiger partial charge in [-0.05, 0) is 50.3 Å². The second kappa shape index (κ2) is 14.4. The number of carbonyl (C=O) groups is 2. The number of imidazole rings is 1. The molecule has 3 aromatic rings. The van der Waals surface area contributed by atoms with Gasteiger partial charge in [-0.1, -0.05) is 18.8 Å². The Morgan fingerprint density at radius 2 is 1.90 bits per heavy atom. The van der Waals surface area contributed by atoms with Gasteiger partial charge in [0.15, 0.2) is 0 Å². The van der Waals surface area contributed by atoms with Crippen molar-refractivity contribution in [2.75, 3.05) is 52.3 Å². The zero-order valence-electron chi connectivity index (χ0n) is 27.4. The average molecular weight is 673 g/mol. The Kier molecular flexibility index (Phi) is 10.5. The van der Waals surface area contributed by atoms with Crippen LogP contribution in [0.2, 0.25) is 0 Å². The van der Waals surface area contributed by atoms with Crippen LogP contribution in [0.3, 0.4) is 0 Å². The molecule has 2 aromatic carbocycles. The van der Waals surface area contributed by atoms with Crippen LogP contribution in [0.25, 0.3) is 11.0 Å². The molecular formula is C34H40F4N6O4. The molecule has 0 bridgehead atoms. The molecule has 3 heterocycles. The Balaban J connectivity index is 1.37. The molecule has 2 atom stereocenters. The minimum absolute atomic E-state index is 0.0116. The molecule has 0 radical (unpaired) electrons. The van der Waals surface area contributed by atoms with Gasteiger partial charge < -0.3 is 30.0 Å². The summed E-state index contributed by atoms with van der Waals surface area (Å²) in [6.45, 7) is 6.16. The molecule has 14 heteroatoms. The first-order valence-corrected chi connectivity index (χ1v) is 15.8. The molecule has 1 aromatic heterocycles. The quantitative estimate of drug-likeness (QED) is 0.238. The number of alkyl halides is 3. The van der Waals surface area contributed by atoms with Gasteiger partial charge in [-0.2, -0.15) is 13.2 Å². The maximum atomic E-state index is 14.4. The van der Waals surface area contributed by atoms with E-state index in [0.29, 0.717) is 11.3 Å². The second-order valence-corrected chi connectivity index (χ2v) is 12.5. The van der Waals surface area contributed by atoms with Crippen LogP contribution in [0.5, 0.6) is 5.75 Å². The molecule has 5 rings (SSSR count). The Labute approximate surface area is 276 Å². The first-order valence-electron chi connectivity index (χ1n) is 15.8. The number of hydrogen-bond acceptors (Lipinski definition) is 7.